The topological polar surface area (TPSA) is 79.7 Å². The molecule has 1 heterocycles. The standard InChI is InChI=1S/C24H25NO4/c1-17(23(26)13-6-19-3-2-14-25-16-19)29-22-11-9-21(10-12-22)20-7-4-18(5-8-20)15-24(27)28/h2-5,7-12,14,16-17,23,26H,6,13,15H2,1H3,(H,27,28). The van der Waals surface area contributed by atoms with Crippen LogP contribution in [0, 0.1) is 0 Å². The van der Waals surface area contributed by atoms with E-state index in [0.29, 0.717) is 12.2 Å². The number of carboxylic acids is 1. The summed E-state index contributed by atoms with van der Waals surface area (Å²) in [6.07, 6.45) is 4.02. The highest BCUT2D eigenvalue weighted by Crippen LogP contribution is 2.24. The van der Waals surface area contributed by atoms with Crippen molar-refractivity contribution in [2.45, 2.75) is 38.4 Å². The lowest BCUT2D eigenvalue weighted by atomic mass is 10.0. The Morgan fingerprint density at radius 3 is 2.24 bits per heavy atom. The highest BCUT2D eigenvalue weighted by Gasteiger charge is 2.16. The van der Waals surface area contributed by atoms with Crippen LogP contribution in [-0.2, 0) is 17.6 Å². The molecule has 150 valence electrons. The first-order valence-corrected chi connectivity index (χ1v) is 9.66. The Hall–Kier alpha value is -3.18. The number of aliphatic hydroxyl groups is 1. The van der Waals surface area contributed by atoms with Crippen LogP contribution >= 0.6 is 0 Å². The fourth-order valence-corrected chi connectivity index (χ4v) is 3.10. The summed E-state index contributed by atoms with van der Waals surface area (Å²) < 4.78 is 5.89. The largest absolute Gasteiger partial charge is 0.488 e. The van der Waals surface area contributed by atoms with E-state index in [1.807, 2.05) is 73.8 Å². The van der Waals surface area contributed by atoms with Crippen molar-refractivity contribution in [2.75, 3.05) is 0 Å². The number of aromatic nitrogens is 1. The smallest absolute Gasteiger partial charge is 0.307 e. The number of aliphatic hydroxyl groups excluding tert-OH is 1. The van der Waals surface area contributed by atoms with Gasteiger partial charge in [0.1, 0.15) is 11.9 Å². The molecule has 3 rings (SSSR count). The lowest BCUT2D eigenvalue weighted by Gasteiger charge is -2.20. The normalized spacial score (nSPS) is 12.9. The van der Waals surface area contributed by atoms with Crippen LogP contribution < -0.4 is 4.74 Å². The summed E-state index contributed by atoms with van der Waals surface area (Å²) in [5.74, 6) is -0.139. The number of benzene rings is 2. The van der Waals surface area contributed by atoms with Crippen LogP contribution in [-0.4, -0.2) is 33.4 Å². The monoisotopic (exact) mass is 391 g/mol. The number of aliphatic carboxylic acids is 1. The molecule has 0 bridgehead atoms. The van der Waals surface area contributed by atoms with Gasteiger partial charge in [-0.05, 0) is 60.2 Å². The van der Waals surface area contributed by atoms with Crippen molar-refractivity contribution in [3.05, 3.63) is 84.2 Å². The molecule has 0 fully saturated rings. The van der Waals surface area contributed by atoms with E-state index >= 15 is 0 Å². The summed E-state index contributed by atoms with van der Waals surface area (Å²) in [7, 11) is 0. The lowest BCUT2D eigenvalue weighted by Crippen LogP contribution is -2.29. The zero-order chi connectivity index (χ0) is 20.6. The molecule has 29 heavy (non-hydrogen) atoms. The Morgan fingerprint density at radius 2 is 1.66 bits per heavy atom. The second-order valence-electron chi connectivity index (χ2n) is 7.08. The Labute approximate surface area is 170 Å². The average molecular weight is 391 g/mol. The van der Waals surface area contributed by atoms with Crippen molar-refractivity contribution >= 4 is 5.97 Å². The van der Waals surface area contributed by atoms with Crippen LogP contribution in [0.3, 0.4) is 0 Å². The highest BCUT2D eigenvalue weighted by atomic mass is 16.5. The number of ether oxygens (including phenoxy) is 1. The zero-order valence-electron chi connectivity index (χ0n) is 16.4. The number of carbonyl (C=O) groups is 1. The summed E-state index contributed by atoms with van der Waals surface area (Å²) in [6.45, 7) is 1.86. The molecule has 0 saturated carbocycles. The van der Waals surface area contributed by atoms with Crippen LogP contribution in [0.15, 0.2) is 73.1 Å². The summed E-state index contributed by atoms with van der Waals surface area (Å²) in [5, 5.41) is 19.2. The van der Waals surface area contributed by atoms with Gasteiger partial charge in [0.05, 0.1) is 12.5 Å². The molecule has 0 aliphatic carbocycles. The molecule has 2 N–H and O–H groups in total. The first-order chi connectivity index (χ1) is 14.0. The molecule has 0 amide bonds. The molecule has 0 spiro atoms. The molecule has 2 unspecified atom stereocenters. The molecule has 0 radical (unpaired) electrons. The van der Waals surface area contributed by atoms with E-state index < -0.39 is 12.1 Å². The number of nitrogens with zero attached hydrogens (tertiary/aromatic N) is 1. The van der Waals surface area contributed by atoms with E-state index in [4.69, 9.17) is 9.84 Å². The minimum atomic E-state index is -0.837. The second kappa shape index (κ2) is 9.85. The van der Waals surface area contributed by atoms with Crippen molar-refractivity contribution in [3.8, 4) is 16.9 Å². The molecule has 1 aromatic heterocycles. The molecule has 0 saturated heterocycles. The third kappa shape index (κ3) is 6.16. The molecule has 3 aromatic rings. The van der Waals surface area contributed by atoms with Gasteiger partial charge in [0.2, 0.25) is 0 Å². The third-order valence-electron chi connectivity index (χ3n) is 4.81. The number of carboxylic acid groups (broad SMARTS) is 1. The van der Waals surface area contributed by atoms with Crippen molar-refractivity contribution in [1.82, 2.24) is 4.98 Å². The number of hydrogen-bond donors (Lipinski definition) is 2. The summed E-state index contributed by atoms with van der Waals surface area (Å²) >= 11 is 0. The van der Waals surface area contributed by atoms with Crippen LogP contribution in [0.25, 0.3) is 11.1 Å². The van der Waals surface area contributed by atoms with Crippen LogP contribution in [0.5, 0.6) is 5.75 Å². The fourth-order valence-electron chi connectivity index (χ4n) is 3.10. The summed E-state index contributed by atoms with van der Waals surface area (Å²) in [5.41, 5.74) is 3.90. The predicted molar refractivity (Wildman–Crippen MR) is 112 cm³/mol. The van der Waals surface area contributed by atoms with Crippen molar-refractivity contribution in [3.63, 3.8) is 0 Å². The number of pyridine rings is 1. The Morgan fingerprint density at radius 1 is 1.00 bits per heavy atom. The van der Waals surface area contributed by atoms with Gasteiger partial charge in [0.15, 0.2) is 0 Å². The minimum Gasteiger partial charge on any atom is -0.488 e. The fraction of sp³-hybridized carbons (Fsp3) is 0.250. The van der Waals surface area contributed by atoms with Gasteiger partial charge < -0.3 is 14.9 Å². The van der Waals surface area contributed by atoms with Gasteiger partial charge in [-0.1, -0.05) is 42.5 Å². The van der Waals surface area contributed by atoms with E-state index in [-0.39, 0.29) is 12.5 Å². The van der Waals surface area contributed by atoms with Crippen molar-refractivity contribution in [2.24, 2.45) is 0 Å². The molecule has 0 aliphatic rings. The zero-order valence-corrected chi connectivity index (χ0v) is 16.4. The third-order valence-corrected chi connectivity index (χ3v) is 4.81. The van der Waals surface area contributed by atoms with Gasteiger partial charge in [-0.3, -0.25) is 9.78 Å². The van der Waals surface area contributed by atoms with Gasteiger partial charge >= 0.3 is 5.97 Å². The Bertz CT molecular complexity index is 908. The Balaban J connectivity index is 1.54. The van der Waals surface area contributed by atoms with E-state index in [1.165, 1.54) is 0 Å². The molecule has 2 atom stereocenters. The molecular weight excluding hydrogens is 366 g/mol. The van der Waals surface area contributed by atoms with Gasteiger partial charge in [-0.25, -0.2) is 0 Å². The second-order valence-corrected chi connectivity index (χ2v) is 7.08. The average Bonchev–Trinajstić information content (AvgIpc) is 2.73. The highest BCUT2D eigenvalue weighted by molar-refractivity contribution is 5.71. The van der Waals surface area contributed by atoms with E-state index in [1.54, 1.807) is 6.20 Å². The van der Waals surface area contributed by atoms with Crippen molar-refractivity contribution in [1.29, 1.82) is 0 Å². The Kier molecular flexibility index (Phi) is 6.98. The maximum Gasteiger partial charge on any atom is 0.307 e. The minimum absolute atomic E-state index is 0.0219. The maximum absolute atomic E-state index is 10.8. The number of rotatable bonds is 9. The van der Waals surface area contributed by atoms with Crippen molar-refractivity contribution < 1.29 is 19.7 Å². The number of hydrogen-bond acceptors (Lipinski definition) is 4. The van der Waals surface area contributed by atoms with Gasteiger partial charge in [-0.15, -0.1) is 0 Å². The van der Waals surface area contributed by atoms with Crippen LogP contribution in [0.1, 0.15) is 24.5 Å². The first-order valence-electron chi connectivity index (χ1n) is 9.66. The molecular formula is C24H25NO4. The van der Waals surface area contributed by atoms with E-state index in [9.17, 15) is 9.90 Å². The number of aryl methyl sites for hydroxylation is 1. The SMILES string of the molecule is CC(Oc1ccc(-c2ccc(CC(=O)O)cc2)cc1)C(O)CCc1cccnc1. The van der Waals surface area contributed by atoms with Crippen LogP contribution in [0.2, 0.25) is 0 Å². The van der Waals surface area contributed by atoms with Gasteiger partial charge in [-0.2, -0.15) is 0 Å². The molecule has 2 aromatic carbocycles. The molecule has 0 aliphatic heterocycles. The van der Waals surface area contributed by atoms with E-state index in [2.05, 4.69) is 4.98 Å². The molecule has 5 heteroatoms. The van der Waals surface area contributed by atoms with Gasteiger partial charge in [0.25, 0.3) is 0 Å². The van der Waals surface area contributed by atoms with E-state index in [0.717, 1.165) is 28.7 Å². The first kappa shape index (κ1) is 20.6. The van der Waals surface area contributed by atoms with Crippen LogP contribution in [0.4, 0.5) is 0 Å². The quantitative estimate of drug-likeness (QED) is 0.573. The lowest BCUT2D eigenvalue weighted by molar-refractivity contribution is -0.136. The predicted octanol–water partition coefficient (Wildman–Crippen LogP) is 4.14. The van der Waals surface area contributed by atoms with Gasteiger partial charge in [0, 0.05) is 12.4 Å². The summed E-state index contributed by atoms with van der Waals surface area (Å²) in [4.78, 5) is 14.9. The summed E-state index contributed by atoms with van der Waals surface area (Å²) in [6, 6.07) is 19.0. The maximum atomic E-state index is 10.8. The molecule has 5 nitrogen and oxygen atoms in total.